The summed E-state index contributed by atoms with van der Waals surface area (Å²) in [4.78, 5) is 10.6. The van der Waals surface area contributed by atoms with Crippen molar-refractivity contribution in [2.24, 2.45) is 0 Å². The van der Waals surface area contributed by atoms with Crippen LogP contribution in [0.3, 0.4) is 0 Å². The molecule has 0 saturated heterocycles. The van der Waals surface area contributed by atoms with Gasteiger partial charge >= 0.3 is 0 Å². The van der Waals surface area contributed by atoms with Crippen LogP contribution >= 0.6 is 0 Å². The summed E-state index contributed by atoms with van der Waals surface area (Å²) in [5, 5.41) is 9.44. The number of phenols is 1. The molecular formula is C10H12O4. The van der Waals surface area contributed by atoms with E-state index in [1.165, 1.54) is 13.2 Å². The van der Waals surface area contributed by atoms with Crippen LogP contribution in [0.5, 0.6) is 17.2 Å². The van der Waals surface area contributed by atoms with Crippen molar-refractivity contribution in [3.63, 3.8) is 0 Å². The van der Waals surface area contributed by atoms with E-state index in [-0.39, 0.29) is 11.3 Å². The first-order valence-corrected chi connectivity index (χ1v) is 4.21. The van der Waals surface area contributed by atoms with Gasteiger partial charge in [-0.1, -0.05) is 0 Å². The number of hydrogen-bond acceptors (Lipinski definition) is 4. The molecule has 0 saturated carbocycles. The molecule has 0 amide bonds. The van der Waals surface area contributed by atoms with Crippen LogP contribution < -0.4 is 9.47 Å². The Morgan fingerprint density at radius 2 is 2.21 bits per heavy atom. The largest absolute Gasteiger partial charge is 0.507 e. The average Bonchev–Trinajstić information content (AvgIpc) is 2.17. The maximum absolute atomic E-state index is 10.6. The fraction of sp³-hybridized carbons (Fsp3) is 0.300. The predicted molar refractivity (Wildman–Crippen MR) is 51.2 cm³/mol. The molecule has 1 aromatic rings. The van der Waals surface area contributed by atoms with Crippen LogP contribution in [-0.4, -0.2) is 25.1 Å². The van der Waals surface area contributed by atoms with Crippen LogP contribution in [0.2, 0.25) is 0 Å². The number of methoxy groups -OCH3 is 1. The molecule has 0 spiro atoms. The fourth-order valence-corrected chi connectivity index (χ4v) is 1.12. The van der Waals surface area contributed by atoms with Crippen molar-refractivity contribution in [1.29, 1.82) is 0 Å². The van der Waals surface area contributed by atoms with Gasteiger partial charge in [0.15, 0.2) is 6.29 Å². The number of benzene rings is 1. The minimum absolute atomic E-state index is 0.135. The van der Waals surface area contributed by atoms with Crippen LogP contribution in [0.15, 0.2) is 12.1 Å². The zero-order valence-electron chi connectivity index (χ0n) is 8.11. The Kier molecular flexibility index (Phi) is 3.34. The second-order valence-electron chi connectivity index (χ2n) is 2.61. The van der Waals surface area contributed by atoms with E-state index in [0.29, 0.717) is 24.4 Å². The quantitative estimate of drug-likeness (QED) is 0.743. The van der Waals surface area contributed by atoms with Crippen LogP contribution in [0.4, 0.5) is 0 Å². The van der Waals surface area contributed by atoms with Gasteiger partial charge in [-0.3, -0.25) is 4.79 Å². The zero-order chi connectivity index (χ0) is 10.6. The summed E-state index contributed by atoms with van der Waals surface area (Å²) < 4.78 is 10.1. The Morgan fingerprint density at radius 3 is 2.71 bits per heavy atom. The smallest absolute Gasteiger partial charge is 0.157 e. The van der Waals surface area contributed by atoms with Crippen LogP contribution in [-0.2, 0) is 0 Å². The van der Waals surface area contributed by atoms with Gasteiger partial charge in [-0.25, -0.2) is 0 Å². The van der Waals surface area contributed by atoms with E-state index >= 15 is 0 Å². The lowest BCUT2D eigenvalue weighted by atomic mass is 10.2. The van der Waals surface area contributed by atoms with Gasteiger partial charge in [0.2, 0.25) is 0 Å². The van der Waals surface area contributed by atoms with E-state index in [1.54, 1.807) is 6.07 Å². The van der Waals surface area contributed by atoms with Crippen LogP contribution in [0, 0.1) is 0 Å². The van der Waals surface area contributed by atoms with Crippen LogP contribution in [0.25, 0.3) is 0 Å². The van der Waals surface area contributed by atoms with Gasteiger partial charge in [0, 0.05) is 12.1 Å². The predicted octanol–water partition coefficient (Wildman–Crippen LogP) is 1.61. The number of rotatable bonds is 4. The molecule has 0 aliphatic heterocycles. The maximum atomic E-state index is 10.6. The lowest BCUT2D eigenvalue weighted by Gasteiger charge is -2.09. The highest BCUT2D eigenvalue weighted by Gasteiger charge is 2.10. The van der Waals surface area contributed by atoms with E-state index in [1.807, 2.05) is 6.92 Å². The Bertz CT molecular complexity index is 333. The summed E-state index contributed by atoms with van der Waals surface area (Å²) in [5.41, 5.74) is 0.135. The number of carbonyl (C=O) groups excluding carboxylic acids is 1. The van der Waals surface area contributed by atoms with Crippen molar-refractivity contribution in [2.75, 3.05) is 13.7 Å². The van der Waals surface area contributed by atoms with E-state index in [0.717, 1.165) is 0 Å². The molecule has 0 fully saturated rings. The first-order chi connectivity index (χ1) is 6.72. The highest BCUT2D eigenvalue weighted by Crippen LogP contribution is 2.31. The van der Waals surface area contributed by atoms with Crippen molar-refractivity contribution in [3.8, 4) is 17.2 Å². The Morgan fingerprint density at radius 1 is 1.50 bits per heavy atom. The third kappa shape index (κ3) is 1.96. The lowest BCUT2D eigenvalue weighted by molar-refractivity contribution is 0.111. The highest BCUT2D eigenvalue weighted by molar-refractivity contribution is 5.84. The molecule has 1 N–H and O–H groups in total. The third-order valence-corrected chi connectivity index (χ3v) is 1.74. The minimum Gasteiger partial charge on any atom is -0.507 e. The first-order valence-electron chi connectivity index (χ1n) is 4.21. The number of aromatic hydroxyl groups is 1. The van der Waals surface area contributed by atoms with E-state index in [9.17, 15) is 9.90 Å². The molecule has 1 rings (SSSR count). The molecule has 4 nitrogen and oxygen atoms in total. The molecule has 14 heavy (non-hydrogen) atoms. The van der Waals surface area contributed by atoms with Gasteiger partial charge in [-0.2, -0.15) is 0 Å². The van der Waals surface area contributed by atoms with Crippen LogP contribution in [0.1, 0.15) is 17.3 Å². The number of carbonyl (C=O) groups is 1. The summed E-state index contributed by atoms with van der Waals surface area (Å²) in [6.07, 6.45) is 0.546. The van der Waals surface area contributed by atoms with Gasteiger partial charge in [0.25, 0.3) is 0 Å². The van der Waals surface area contributed by atoms with Crippen molar-refractivity contribution in [3.05, 3.63) is 17.7 Å². The summed E-state index contributed by atoms with van der Waals surface area (Å²) in [7, 11) is 1.43. The third-order valence-electron chi connectivity index (χ3n) is 1.74. The molecule has 0 aliphatic carbocycles. The monoisotopic (exact) mass is 196 g/mol. The van der Waals surface area contributed by atoms with Gasteiger partial charge in [0.1, 0.15) is 17.2 Å². The van der Waals surface area contributed by atoms with Gasteiger partial charge < -0.3 is 14.6 Å². The fourth-order valence-electron chi connectivity index (χ4n) is 1.12. The normalized spacial score (nSPS) is 9.57. The maximum Gasteiger partial charge on any atom is 0.157 e. The van der Waals surface area contributed by atoms with Crippen molar-refractivity contribution >= 4 is 6.29 Å². The van der Waals surface area contributed by atoms with E-state index in [4.69, 9.17) is 9.47 Å². The standard InChI is InChI=1S/C10H12O4/c1-3-14-7-4-9(12)8(6-11)10(5-7)13-2/h4-6,12H,3H2,1-2H3. The molecule has 76 valence electrons. The molecule has 0 aliphatic rings. The van der Waals surface area contributed by atoms with E-state index in [2.05, 4.69) is 0 Å². The minimum atomic E-state index is -0.136. The molecular weight excluding hydrogens is 184 g/mol. The summed E-state index contributed by atoms with van der Waals surface area (Å²) in [6, 6.07) is 2.95. The summed E-state index contributed by atoms with van der Waals surface area (Å²) >= 11 is 0. The average molecular weight is 196 g/mol. The molecule has 0 bridgehead atoms. The summed E-state index contributed by atoms with van der Waals surface area (Å²) in [5.74, 6) is 0.652. The molecule has 0 heterocycles. The van der Waals surface area contributed by atoms with Crippen molar-refractivity contribution < 1.29 is 19.4 Å². The highest BCUT2D eigenvalue weighted by atomic mass is 16.5. The van der Waals surface area contributed by atoms with Gasteiger partial charge in [-0.05, 0) is 6.92 Å². The molecule has 0 atom stereocenters. The molecule has 0 aromatic heterocycles. The number of phenolic OH excluding ortho intramolecular Hbond substituents is 1. The van der Waals surface area contributed by atoms with Gasteiger partial charge in [-0.15, -0.1) is 0 Å². The molecule has 4 heteroatoms. The molecule has 0 unspecified atom stereocenters. The number of ether oxygens (including phenoxy) is 2. The topological polar surface area (TPSA) is 55.8 Å². The summed E-state index contributed by atoms with van der Waals surface area (Å²) in [6.45, 7) is 2.32. The Labute approximate surface area is 82.1 Å². The SMILES string of the molecule is CCOc1cc(O)c(C=O)c(OC)c1. The van der Waals surface area contributed by atoms with Crippen molar-refractivity contribution in [1.82, 2.24) is 0 Å². The molecule has 1 aromatic carbocycles. The molecule has 0 radical (unpaired) electrons. The lowest BCUT2D eigenvalue weighted by Crippen LogP contribution is -1.95. The number of aldehydes is 1. The number of hydrogen-bond donors (Lipinski definition) is 1. The zero-order valence-corrected chi connectivity index (χ0v) is 8.11. The second-order valence-corrected chi connectivity index (χ2v) is 2.61. The van der Waals surface area contributed by atoms with E-state index < -0.39 is 0 Å². The van der Waals surface area contributed by atoms with Crippen molar-refractivity contribution in [2.45, 2.75) is 6.92 Å². The Balaban J connectivity index is 3.16. The Hall–Kier alpha value is -1.71. The van der Waals surface area contributed by atoms with Gasteiger partial charge in [0.05, 0.1) is 19.3 Å². The first kappa shape index (κ1) is 10.4. The second kappa shape index (κ2) is 4.50.